The lowest BCUT2D eigenvalue weighted by atomic mass is 9.96. The van der Waals surface area contributed by atoms with Crippen molar-refractivity contribution in [2.45, 2.75) is 18.7 Å². The van der Waals surface area contributed by atoms with Gasteiger partial charge in [-0.25, -0.2) is 9.40 Å². The van der Waals surface area contributed by atoms with Crippen LogP contribution in [-0.2, 0) is 0 Å². The van der Waals surface area contributed by atoms with Crippen LogP contribution in [0.4, 0.5) is 10.1 Å². The van der Waals surface area contributed by atoms with Gasteiger partial charge in [0.15, 0.2) is 0 Å². The Hall–Kier alpha value is -3.74. The number of fused-ring (bicyclic) bond motifs is 3. The highest BCUT2D eigenvalue weighted by Crippen LogP contribution is 2.47. The topological polar surface area (TPSA) is 68.0 Å². The summed E-state index contributed by atoms with van der Waals surface area (Å²) in [5, 5.41) is 17.7. The first-order valence-electron chi connectivity index (χ1n) is 9.22. The molecule has 6 nitrogen and oxygen atoms in total. The Kier molecular flexibility index (Phi) is 4.01. The summed E-state index contributed by atoms with van der Waals surface area (Å²) in [4.78, 5) is 10.5. The number of rotatable bonds is 3. The molecule has 0 aromatic heterocycles. The van der Waals surface area contributed by atoms with Crippen molar-refractivity contribution >= 4 is 11.4 Å². The summed E-state index contributed by atoms with van der Waals surface area (Å²) in [5.41, 5.74) is 3.55. The number of ether oxygens (including phenoxy) is 1. The number of hydrogen-bond donors (Lipinski definition) is 0. The van der Waals surface area contributed by atoms with E-state index < -0.39 is 11.2 Å². The fourth-order valence-electron chi connectivity index (χ4n) is 3.83. The third-order valence-corrected chi connectivity index (χ3v) is 5.27. The molecule has 0 spiro atoms. The Balaban J connectivity index is 1.56. The molecule has 5 rings (SSSR count). The van der Waals surface area contributed by atoms with Crippen LogP contribution in [0, 0.1) is 15.9 Å². The number of nitrogens with zero attached hydrogens (tertiary/aromatic N) is 3. The van der Waals surface area contributed by atoms with Crippen molar-refractivity contribution in [1.82, 2.24) is 5.01 Å². The molecule has 0 radical (unpaired) electrons. The van der Waals surface area contributed by atoms with Gasteiger partial charge in [0, 0.05) is 29.7 Å². The second-order valence-electron chi connectivity index (χ2n) is 7.01. The molecule has 0 unspecified atom stereocenters. The lowest BCUT2D eigenvalue weighted by Gasteiger charge is -2.38. The van der Waals surface area contributed by atoms with E-state index in [1.807, 2.05) is 29.3 Å². The van der Waals surface area contributed by atoms with Crippen molar-refractivity contribution in [2.75, 3.05) is 0 Å². The summed E-state index contributed by atoms with van der Waals surface area (Å²) in [6.45, 7) is 0. The minimum atomic E-state index is -0.506. The number of nitro benzene ring substituents is 1. The van der Waals surface area contributed by atoms with E-state index in [0.717, 1.165) is 28.2 Å². The first kappa shape index (κ1) is 17.4. The largest absolute Gasteiger partial charge is 0.464 e. The highest BCUT2D eigenvalue weighted by Gasteiger charge is 2.40. The molecule has 2 aliphatic rings. The molecule has 0 fully saturated rings. The summed E-state index contributed by atoms with van der Waals surface area (Å²) < 4.78 is 19.5. The molecular formula is C22H16FN3O3. The lowest BCUT2D eigenvalue weighted by Crippen LogP contribution is -2.33. The highest BCUT2D eigenvalue weighted by atomic mass is 19.1. The van der Waals surface area contributed by atoms with Crippen LogP contribution in [0.25, 0.3) is 0 Å². The molecule has 144 valence electrons. The molecule has 29 heavy (non-hydrogen) atoms. The minimum absolute atomic E-state index is 0.0263. The molecule has 0 amide bonds. The van der Waals surface area contributed by atoms with Gasteiger partial charge in [0.2, 0.25) is 6.23 Å². The van der Waals surface area contributed by atoms with Crippen LogP contribution in [0.3, 0.4) is 0 Å². The first-order valence-corrected chi connectivity index (χ1v) is 9.22. The Bertz CT molecular complexity index is 1110. The van der Waals surface area contributed by atoms with E-state index in [1.165, 1.54) is 24.3 Å². The van der Waals surface area contributed by atoms with E-state index in [1.54, 1.807) is 24.3 Å². The summed E-state index contributed by atoms with van der Waals surface area (Å²) in [6.07, 6.45) is 0.156. The predicted octanol–water partition coefficient (Wildman–Crippen LogP) is 4.98. The highest BCUT2D eigenvalue weighted by molar-refractivity contribution is 6.01. The number of para-hydroxylation sites is 1. The smallest absolute Gasteiger partial charge is 0.269 e. The third kappa shape index (κ3) is 3.00. The maximum absolute atomic E-state index is 13.3. The van der Waals surface area contributed by atoms with Gasteiger partial charge in [0.05, 0.1) is 16.7 Å². The van der Waals surface area contributed by atoms with Crippen LogP contribution >= 0.6 is 0 Å². The SMILES string of the molecule is O=[N+]([O-])c1ccc([C@H]2Oc3ccccc3[C@@H]3CC(c4ccc(F)cc4)=NN23)cc1. The average Bonchev–Trinajstić information content (AvgIpc) is 3.19. The molecule has 3 aromatic rings. The lowest BCUT2D eigenvalue weighted by molar-refractivity contribution is -0.384. The molecule has 2 atom stereocenters. The van der Waals surface area contributed by atoms with Gasteiger partial charge in [-0.05, 0) is 35.9 Å². The van der Waals surface area contributed by atoms with Gasteiger partial charge in [-0.2, -0.15) is 5.10 Å². The van der Waals surface area contributed by atoms with E-state index in [9.17, 15) is 14.5 Å². The molecule has 0 saturated heterocycles. The Morgan fingerprint density at radius 2 is 1.76 bits per heavy atom. The van der Waals surface area contributed by atoms with E-state index >= 15 is 0 Å². The zero-order valence-corrected chi connectivity index (χ0v) is 15.2. The van der Waals surface area contributed by atoms with Crippen LogP contribution < -0.4 is 4.74 Å². The zero-order chi connectivity index (χ0) is 20.0. The molecule has 0 N–H and O–H groups in total. The number of nitro groups is 1. The van der Waals surface area contributed by atoms with Crippen LogP contribution in [0.2, 0.25) is 0 Å². The van der Waals surface area contributed by atoms with Gasteiger partial charge in [0.25, 0.3) is 5.69 Å². The Labute approximate surface area is 166 Å². The van der Waals surface area contributed by atoms with Crippen LogP contribution in [0.5, 0.6) is 5.75 Å². The number of benzene rings is 3. The molecule has 3 aromatic carbocycles. The summed E-state index contributed by atoms with van der Waals surface area (Å²) >= 11 is 0. The molecule has 0 bridgehead atoms. The summed E-state index contributed by atoms with van der Waals surface area (Å²) in [6, 6.07) is 20.4. The number of non-ortho nitro benzene ring substituents is 1. The number of halogens is 1. The third-order valence-electron chi connectivity index (χ3n) is 5.27. The molecule has 0 saturated carbocycles. The van der Waals surface area contributed by atoms with Gasteiger partial charge in [-0.1, -0.05) is 30.3 Å². The predicted molar refractivity (Wildman–Crippen MR) is 105 cm³/mol. The number of hydrazone groups is 1. The Morgan fingerprint density at radius 3 is 2.48 bits per heavy atom. The fourth-order valence-corrected chi connectivity index (χ4v) is 3.83. The van der Waals surface area contributed by atoms with Crippen molar-refractivity contribution < 1.29 is 14.1 Å². The van der Waals surface area contributed by atoms with E-state index in [0.29, 0.717) is 6.42 Å². The van der Waals surface area contributed by atoms with E-state index in [-0.39, 0.29) is 17.5 Å². The molecule has 2 heterocycles. The van der Waals surface area contributed by atoms with Crippen molar-refractivity contribution in [3.63, 3.8) is 0 Å². The van der Waals surface area contributed by atoms with Crippen molar-refractivity contribution in [2.24, 2.45) is 5.10 Å². The standard InChI is InChI=1S/C22H16FN3O3/c23-16-9-5-14(6-10-16)19-13-20-18-3-1-2-4-21(18)29-22(25(20)24-19)15-7-11-17(12-8-15)26(27)28/h1-12,20,22H,13H2/t20-,22+/m0/s1. The van der Waals surface area contributed by atoms with Gasteiger partial charge in [-0.15, -0.1) is 0 Å². The van der Waals surface area contributed by atoms with Crippen molar-refractivity contribution in [3.8, 4) is 5.75 Å². The van der Waals surface area contributed by atoms with Gasteiger partial charge in [-0.3, -0.25) is 10.1 Å². The summed E-state index contributed by atoms with van der Waals surface area (Å²) in [5.74, 6) is 0.482. The molecule has 2 aliphatic heterocycles. The first-order chi connectivity index (χ1) is 14.1. The molecular weight excluding hydrogens is 373 g/mol. The van der Waals surface area contributed by atoms with Crippen LogP contribution in [0.15, 0.2) is 77.9 Å². The summed E-state index contributed by atoms with van der Waals surface area (Å²) in [7, 11) is 0. The average molecular weight is 389 g/mol. The quantitative estimate of drug-likeness (QED) is 0.468. The maximum Gasteiger partial charge on any atom is 0.269 e. The van der Waals surface area contributed by atoms with Crippen LogP contribution in [0.1, 0.15) is 35.4 Å². The van der Waals surface area contributed by atoms with Gasteiger partial charge in [0.1, 0.15) is 11.6 Å². The number of hydrogen-bond acceptors (Lipinski definition) is 5. The van der Waals surface area contributed by atoms with Gasteiger partial charge < -0.3 is 4.74 Å². The zero-order valence-electron chi connectivity index (χ0n) is 15.2. The molecule has 7 heteroatoms. The minimum Gasteiger partial charge on any atom is -0.464 e. The van der Waals surface area contributed by atoms with Crippen molar-refractivity contribution in [1.29, 1.82) is 0 Å². The maximum atomic E-state index is 13.3. The fraction of sp³-hybridized carbons (Fsp3) is 0.136. The van der Waals surface area contributed by atoms with E-state index in [4.69, 9.17) is 9.84 Å². The van der Waals surface area contributed by atoms with Crippen LogP contribution in [-0.4, -0.2) is 15.6 Å². The van der Waals surface area contributed by atoms with E-state index in [2.05, 4.69) is 0 Å². The molecule has 0 aliphatic carbocycles. The second kappa shape index (κ2) is 6.70. The monoisotopic (exact) mass is 389 g/mol. The van der Waals surface area contributed by atoms with Crippen molar-refractivity contribution in [3.05, 3.63) is 105 Å². The van der Waals surface area contributed by atoms with Gasteiger partial charge >= 0.3 is 0 Å². The second-order valence-corrected chi connectivity index (χ2v) is 7.01. The Morgan fingerprint density at radius 1 is 1.03 bits per heavy atom. The normalized spacial score (nSPS) is 19.8.